The Hall–Kier alpha value is -0.810. The number of nitrogens with one attached hydrogen (secondary N) is 2. The Morgan fingerprint density at radius 2 is 2.38 bits per heavy atom. The molecule has 0 saturated carbocycles. The Bertz CT molecular complexity index is 451. The fourth-order valence-corrected chi connectivity index (χ4v) is 3.41. The van der Waals surface area contributed by atoms with Gasteiger partial charge >= 0.3 is 0 Å². The van der Waals surface area contributed by atoms with Crippen molar-refractivity contribution < 1.29 is 0 Å². The second kappa shape index (κ2) is 4.22. The summed E-state index contributed by atoms with van der Waals surface area (Å²) in [5.41, 5.74) is 1.98. The van der Waals surface area contributed by atoms with E-state index in [-0.39, 0.29) is 5.56 Å². The molecular weight excluding hydrogens is 222 g/mol. The van der Waals surface area contributed by atoms with E-state index in [1.54, 1.807) is 11.8 Å². The number of fused-ring (bicyclic) bond motifs is 1. The molecule has 0 bridgehead atoms. The standard InChI is InChI=1S/C11H15N3OS/c15-11-8-5-16-6-9(8)13-10(14-11)3-7-1-2-12-4-7/h7,12H,1-6H2,(H,13,14,15). The molecule has 16 heavy (non-hydrogen) atoms. The highest BCUT2D eigenvalue weighted by Gasteiger charge is 2.20. The minimum absolute atomic E-state index is 0.0796. The zero-order chi connectivity index (χ0) is 11.0. The summed E-state index contributed by atoms with van der Waals surface area (Å²) in [6, 6.07) is 0. The van der Waals surface area contributed by atoms with Gasteiger partial charge in [0.05, 0.1) is 5.69 Å². The third-order valence-electron chi connectivity index (χ3n) is 3.28. The molecular formula is C11H15N3OS. The van der Waals surface area contributed by atoms with Gasteiger partial charge in [0, 0.05) is 23.5 Å². The minimum Gasteiger partial charge on any atom is -0.316 e. The topological polar surface area (TPSA) is 57.8 Å². The molecule has 1 fully saturated rings. The van der Waals surface area contributed by atoms with Crippen molar-refractivity contribution in [3.8, 4) is 0 Å². The van der Waals surface area contributed by atoms with Crippen LogP contribution in [0.25, 0.3) is 0 Å². The maximum Gasteiger partial charge on any atom is 0.255 e. The zero-order valence-electron chi connectivity index (χ0n) is 9.08. The highest BCUT2D eigenvalue weighted by atomic mass is 32.2. The van der Waals surface area contributed by atoms with Crippen LogP contribution in [0.15, 0.2) is 4.79 Å². The number of nitrogens with zero attached hydrogens (tertiary/aromatic N) is 1. The van der Waals surface area contributed by atoms with Gasteiger partial charge in [-0.3, -0.25) is 4.79 Å². The van der Waals surface area contributed by atoms with E-state index < -0.39 is 0 Å². The van der Waals surface area contributed by atoms with Crippen molar-refractivity contribution in [3.05, 3.63) is 27.4 Å². The summed E-state index contributed by atoms with van der Waals surface area (Å²) >= 11 is 1.77. The van der Waals surface area contributed by atoms with Crippen molar-refractivity contribution in [2.24, 2.45) is 5.92 Å². The molecule has 3 heterocycles. The maximum absolute atomic E-state index is 11.8. The highest BCUT2D eigenvalue weighted by Crippen LogP contribution is 2.25. The summed E-state index contributed by atoms with van der Waals surface area (Å²) in [7, 11) is 0. The summed E-state index contributed by atoms with van der Waals surface area (Å²) in [5, 5.41) is 3.34. The first-order valence-corrected chi connectivity index (χ1v) is 6.88. The number of rotatable bonds is 2. The van der Waals surface area contributed by atoms with E-state index in [4.69, 9.17) is 0 Å². The number of thioether (sulfide) groups is 1. The largest absolute Gasteiger partial charge is 0.316 e. The van der Waals surface area contributed by atoms with Crippen LogP contribution in [-0.2, 0) is 17.9 Å². The summed E-state index contributed by atoms with van der Waals surface area (Å²) in [4.78, 5) is 19.3. The van der Waals surface area contributed by atoms with E-state index in [1.165, 1.54) is 6.42 Å². The molecule has 0 aromatic carbocycles. The third kappa shape index (κ3) is 1.89. The molecule has 3 rings (SSSR count). The van der Waals surface area contributed by atoms with Crippen molar-refractivity contribution in [1.29, 1.82) is 0 Å². The van der Waals surface area contributed by atoms with Gasteiger partial charge in [-0.05, 0) is 25.4 Å². The van der Waals surface area contributed by atoms with Crippen LogP contribution < -0.4 is 10.9 Å². The molecule has 1 atom stereocenters. The Kier molecular flexibility index (Phi) is 2.73. The first kappa shape index (κ1) is 10.4. The van der Waals surface area contributed by atoms with Gasteiger partial charge in [0.2, 0.25) is 0 Å². The van der Waals surface area contributed by atoms with Gasteiger partial charge in [-0.15, -0.1) is 0 Å². The van der Waals surface area contributed by atoms with E-state index in [1.807, 2.05) is 0 Å². The van der Waals surface area contributed by atoms with Crippen molar-refractivity contribution >= 4 is 11.8 Å². The Balaban J connectivity index is 1.85. The first-order valence-electron chi connectivity index (χ1n) is 5.72. The lowest BCUT2D eigenvalue weighted by molar-refractivity contribution is 0.558. The highest BCUT2D eigenvalue weighted by molar-refractivity contribution is 7.98. The molecule has 2 aliphatic rings. The van der Waals surface area contributed by atoms with Crippen LogP contribution in [-0.4, -0.2) is 23.1 Å². The Morgan fingerprint density at radius 1 is 1.44 bits per heavy atom. The summed E-state index contributed by atoms with van der Waals surface area (Å²) in [5.74, 6) is 3.23. The molecule has 1 saturated heterocycles. The number of aromatic nitrogens is 2. The lowest BCUT2D eigenvalue weighted by Gasteiger charge is -2.08. The normalized spacial score (nSPS) is 23.6. The molecule has 1 unspecified atom stereocenters. The lowest BCUT2D eigenvalue weighted by atomic mass is 10.0. The van der Waals surface area contributed by atoms with Crippen LogP contribution >= 0.6 is 11.8 Å². The fraction of sp³-hybridized carbons (Fsp3) is 0.636. The molecule has 0 spiro atoms. The molecule has 0 radical (unpaired) electrons. The lowest BCUT2D eigenvalue weighted by Crippen LogP contribution is -2.20. The van der Waals surface area contributed by atoms with E-state index in [9.17, 15) is 4.79 Å². The second-order valence-electron chi connectivity index (χ2n) is 4.49. The number of hydrogen-bond acceptors (Lipinski definition) is 4. The molecule has 5 heteroatoms. The monoisotopic (exact) mass is 237 g/mol. The third-order valence-corrected chi connectivity index (χ3v) is 4.25. The van der Waals surface area contributed by atoms with Crippen molar-refractivity contribution in [3.63, 3.8) is 0 Å². The molecule has 0 aliphatic carbocycles. The predicted molar refractivity (Wildman–Crippen MR) is 64.5 cm³/mol. The van der Waals surface area contributed by atoms with Gasteiger partial charge in [-0.1, -0.05) is 0 Å². The molecule has 1 aromatic rings. The average Bonchev–Trinajstić information content (AvgIpc) is 2.87. The molecule has 4 nitrogen and oxygen atoms in total. The van der Waals surface area contributed by atoms with Crippen molar-refractivity contribution in [2.75, 3.05) is 13.1 Å². The number of hydrogen-bond donors (Lipinski definition) is 2. The van der Waals surface area contributed by atoms with Gasteiger partial charge in [0.25, 0.3) is 5.56 Å². The van der Waals surface area contributed by atoms with E-state index in [0.717, 1.165) is 48.1 Å². The predicted octanol–water partition coefficient (Wildman–Crippen LogP) is 0.669. The first-order chi connectivity index (χ1) is 7.83. The smallest absolute Gasteiger partial charge is 0.255 e. The van der Waals surface area contributed by atoms with Crippen LogP contribution in [0, 0.1) is 5.92 Å². The Labute approximate surface area is 98.2 Å². The minimum atomic E-state index is 0.0796. The zero-order valence-corrected chi connectivity index (χ0v) is 9.90. The number of H-pyrrole nitrogens is 1. The van der Waals surface area contributed by atoms with Gasteiger partial charge in [-0.25, -0.2) is 4.98 Å². The van der Waals surface area contributed by atoms with E-state index in [0.29, 0.717) is 5.92 Å². The molecule has 2 aliphatic heterocycles. The second-order valence-corrected chi connectivity index (χ2v) is 5.48. The molecule has 1 aromatic heterocycles. The van der Waals surface area contributed by atoms with E-state index >= 15 is 0 Å². The van der Waals surface area contributed by atoms with Crippen LogP contribution in [0.4, 0.5) is 0 Å². The van der Waals surface area contributed by atoms with E-state index in [2.05, 4.69) is 15.3 Å². The average molecular weight is 237 g/mol. The van der Waals surface area contributed by atoms with Crippen LogP contribution in [0.2, 0.25) is 0 Å². The van der Waals surface area contributed by atoms with Crippen LogP contribution in [0.1, 0.15) is 23.5 Å². The van der Waals surface area contributed by atoms with Crippen molar-refractivity contribution in [2.45, 2.75) is 24.3 Å². The fourth-order valence-electron chi connectivity index (χ4n) is 2.37. The van der Waals surface area contributed by atoms with Gasteiger partial charge < -0.3 is 10.3 Å². The van der Waals surface area contributed by atoms with Crippen LogP contribution in [0.3, 0.4) is 0 Å². The SMILES string of the molecule is O=c1[nH]c(CC2CCNC2)nc2c1CSC2. The molecule has 2 N–H and O–H groups in total. The van der Waals surface area contributed by atoms with Gasteiger partial charge in [0.15, 0.2) is 0 Å². The molecule has 86 valence electrons. The summed E-state index contributed by atoms with van der Waals surface area (Å²) in [6.45, 7) is 2.14. The summed E-state index contributed by atoms with van der Waals surface area (Å²) in [6.07, 6.45) is 2.09. The van der Waals surface area contributed by atoms with Crippen LogP contribution in [0.5, 0.6) is 0 Å². The number of aromatic amines is 1. The summed E-state index contributed by atoms with van der Waals surface area (Å²) < 4.78 is 0. The quantitative estimate of drug-likeness (QED) is 0.793. The van der Waals surface area contributed by atoms with Crippen molar-refractivity contribution in [1.82, 2.24) is 15.3 Å². The molecule has 0 amide bonds. The Morgan fingerprint density at radius 3 is 3.19 bits per heavy atom. The van der Waals surface area contributed by atoms with Gasteiger partial charge in [-0.2, -0.15) is 11.8 Å². The van der Waals surface area contributed by atoms with Gasteiger partial charge in [0.1, 0.15) is 5.82 Å². The maximum atomic E-state index is 11.8.